The largest absolute Gasteiger partial charge is 0.454 e. The van der Waals surface area contributed by atoms with Crippen molar-refractivity contribution in [2.75, 3.05) is 13.2 Å². The Hall–Kier alpha value is -2.63. The molecule has 1 heterocycles. The van der Waals surface area contributed by atoms with Gasteiger partial charge in [0.15, 0.2) is 6.61 Å². The van der Waals surface area contributed by atoms with Gasteiger partial charge >= 0.3 is 12.0 Å². The van der Waals surface area contributed by atoms with Crippen LogP contribution < -0.4 is 10.6 Å². The molecule has 0 unspecified atom stereocenters. The van der Waals surface area contributed by atoms with Crippen LogP contribution in [0.2, 0.25) is 0 Å². The third kappa shape index (κ3) is 4.74. The number of esters is 1. The lowest BCUT2D eigenvalue weighted by Crippen LogP contribution is -2.51. The Balaban J connectivity index is 1.51. The highest BCUT2D eigenvalue weighted by Crippen LogP contribution is 2.45. The number of ether oxygens (including phenoxy) is 1. The molecular weight excluding hydrogens is 412 g/mol. The zero-order valence-electron chi connectivity index (χ0n) is 19.3. The molecule has 0 aromatic heterocycles. The molecule has 32 heavy (non-hydrogen) atoms. The molecule has 9 heteroatoms. The molecule has 1 saturated heterocycles. The Labute approximate surface area is 189 Å². The molecule has 176 valence electrons. The van der Waals surface area contributed by atoms with E-state index in [0.717, 1.165) is 37.0 Å². The molecule has 4 amide bonds. The fourth-order valence-electron chi connectivity index (χ4n) is 5.21. The van der Waals surface area contributed by atoms with Gasteiger partial charge in [0, 0.05) is 0 Å². The lowest BCUT2D eigenvalue weighted by Gasteiger charge is -2.42. The predicted molar refractivity (Wildman–Crippen MR) is 115 cm³/mol. The van der Waals surface area contributed by atoms with Crippen LogP contribution in [0.4, 0.5) is 4.79 Å². The molecule has 9 nitrogen and oxygen atoms in total. The second-order valence-electron chi connectivity index (χ2n) is 10.1. The maximum Gasteiger partial charge on any atom is 0.326 e. The molecule has 3 rings (SSSR count). The molecule has 0 radical (unpaired) electrons. The van der Waals surface area contributed by atoms with Gasteiger partial charge in [-0.05, 0) is 62.7 Å². The van der Waals surface area contributed by atoms with Gasteiger partial charge in [-0.2, -0.15) is 5.26 Å². The van der Waals surface area contributed by atoms with Crippen molar-refractivity contribution in [3.8, 4) is 6.07 Å². The van der Waals surface area contributed by atoms with E-state index in [-0.39, 0.29) is 5.41 Å². The summed E-state index contributed by atoms with van der Waals surface area (Å²) in [7, 11) is 0. The van der Waals surface area contributed by atoms with Crippen molar-refractivity contribution in [3.05, 3.63) is 0 Å². The first kappa shape index (κ1) is 24.0. The van der Waals surface area contributed by atoms with Crippen molar-refractivity contribution in [3.63, 3.8) is 0 Å². The number of nitriles is 1. The van der Waals surface area contributed by atoms with Gasteiger partial charge < -0.3 is 15.4 Å². The molecule has 2 N–H and O–H groups in total. The topological polar surface area (TPSA) is 129 Å². The Morgan fingerprint density at radius 2 is 1.84 bits per heavy atom. The van der Waals surface area contributed by atoms with Crippen LogP contribution in [-0.2, 0) is 19.1 Å². The average Bonchev–Trinajstić information content (AvgIpc) is 3.32. The van der Waals surface area contributed by atoms with Gasteiger partial charge in [0.25, 0.3) is 11.8 Å². The van der Waals surface area contributed by atoms with E-state index in [4.69, 9.17) is 4.74 Å². The normalized spacial score (nSPS) is 27.2. The summed E-state index contributed by atoms with van der Waals surface area (Å²) in [6.07, 6.45) is 6.69. The number of nitrogens with zero attached hydrogens (tertiary/aromatic N) is 2. The second-order valence-corrected chi connectivity index (χ2v) is 10.1. The molecule has 1 spiro atoms. The van der Waals surface area contributed by atoms with E-state index in [1.54, 1.807) is 0 Å². The standard InChI is InChI=1S/C23H34N4O5/c1-4-21(2,3)16-7-11-23(12-8-16)19(30)27(20(31)26-23)13-18(29)32-14-17(28)25-22(15-24)9-5-6-10-22/h16H,4-14H2,1-3H3,(H,25,28)(H,26,31). The number of hydrogen-bond acceptors (Lipinski definition) is 6. The predicted octanol–water partition coefficient (Wildman–Crippen LogP) is 2.40. The van der Waals surface area contributed by atoms with Gasteiger partial charge in [0.1, 0.15) is 17.6 Å². The van der Waals surface area contributed by atoms with E-state index in [9.17, 15) is 24.4 Å². The fraction of sp³-hybridized carbons (Fsp3) is 0.783. The quantitative estimate of drug-likeness (QED) is 0.456. The van der Waals surface area contributed by atoms with Gasteiger partial charge in [-0.25, -0.2) is 4.79 Å². The van der Waals surface area contributed by atoms with Crippen LogP contribution in [-0.4, -0.2) is 52.9 Å². The van der Waals surface area contributed by atoms with Crippen LogP contribution in [0.25, 0.3) is 0 Å². The number of amides is 4. The molecule has 2 aliphatic carbocycles. The molecule has 0 aromatic carbocycles. The third-order valence-corrected chi connectivity index (χ3v) is 7.80. The van der Waals surface area contributed by atoms with Crippen LogP contribution in [0.15, 0.2) is 0 Å². The first-order chi connectivity index (χ1) is 15.1. The van der Waals surface area contributed by atoms with Gasteiger partial charge in [-0.15, -0.1) is 0 Å². The zero-order valence-corrected chi connectivity index (χ0v) is 19.3. The minimum absolute atomic E-state index is 0.181. The van der Waals surface area contributed by atoms with Gasteiger partial charge in [-0.3, -0.25) is 19.3 Å². The van der Waals surface area contributed by atoms with Crippen molar-refractivity contribution in [1.82, 2.24) is 15.5 Å². The number of imide groups is 1. The monoisotopic (exact) mass is 446 g/mol. The average molecular weight is 447 g/mol. The third-order valence-electron chi connectivity index (χ3n) is 7.80. The number of carbonyl (C=O) groups is 4. The second kappa shape index (κ2) is 9.08. The maximum absolute atomic E-state index is 13.0. The van der Waals surface area contributed by atoms with Crippen LogP contribution in [0.1, 0.15) is 78.6 Å². The van der Waals surface area contributed by atoms with Crippen molar-refractivity contribution < 1.29 is 23.9 Å². The van der Waals surface area contributed by atoms with Crippen molar-refractivity contribution >= 4 is 23.8 Å². The van der Waals surface area contributed by atoms with E-state index in [0.29, 0.717) is 31.6 Å². The number of carbonyl (C=O) groups excluding carboxylic acids is 4. The molecule has 3 aliphatic rings. The number of hydrogen-bond donors (Lipinski definition) is 2. The molecule has 3 fully saturated rings. The van der Waals surface area contributed by atoms with Crippen LogP contribution in [0, 0.1) is 22.7 Å². The first-order valence-electron chi connectivity index (χ1n) is 11.6. The molecule has 1 aliphatic heterocycles. The highest BCUT2D eigenvalue weighted by Gasteiger charge is 2.54. The first-order valence-corrected chi connectivity index (χ1v) is 11.6. The summed E-state index contributed by atoms with van der Waals surface area (Å²) in [6.45, 7) is 5.54. The van der Waals surface area contributed by atoms with E-state index in [2.05, 4.69) is 37.5 Å². The van der Waals surface area contributed by atoms with Crippen LogP contribution >= 0.6 is 0 Å². The number of nitrogens with one attached hydrogen (secondary N) is 2. The van der Waals surface area contributed by atoms with E-state index in [1.807, 2.05) is 0 Å². The summed E-state index contributed by atoms with van der Waals surface area (Å²) < 4.78 is 4.98. The summed E-state index contributed by atoms with van der Waals surface area (Å²) in [6, 6.07) is 1.54. The van der Waals surface area contributed by atoms with Gasteiger partial charge in [0.05, 0.1) is 6.07 Å². The minimum Gasteiger partial charge on any atom is -0.454 e. The van der Waals surface area contributed by atoms with Crippen LogP contribution in [0.5, 0.6) is 0 Å². The Morgan fingerprint density at radius 3 is 2.41 bits per heavy atom. The summed E-state index contributed by atoms with van der Waals surface area (Å²) in [5.74, 6) is -1.31. The van der Waals surface area contributed by atoms with Crippen molar-refractivity contribution in [1.29, 1.82) is 5.26 Å². The van der Waals surface area contributed by atoms with E-state index < -0.39 is 48.0 Å². The van der Waals surface area contributed by atoms with Gasteiger partial charge in [-0.1, -0.05) is 27.2 Å². The van der Waals surface area contributed by atoms with Crippen molar-refractivity contribution in [2.45, 2.75) is 89.6 Å². The summed E-state index contributed by atoms with van der Waals surface area (Å²) in [5.41, 5.74) is -1.66. The van der Waals surface area contributed by atoms with Gasteiger partial charge in [0.2, 0.25) is 0 Å². The lowest BCUT2D eigenvalue weighted by atomic mass is 9.65. The summed E-state index contributed by atoms with van der Waals surface area (Å²) in [4.78, 5) is 50.7. The Morgan fingerprint density at radius 1 is 1.22 bits per heavy atom. The minimum atomic E-state index is -0.948. The molecule has 0 atom stereocenters. The highest BCUT2D eigenvalue weighted by atomic mass is 16.5. The summed E-state index contributed by atoms with van der Waals surface area (Å²) >= 11 is 0. The zero-order chi connectivity index (χ0) is 23.6. The SMILES string of the molecule is CCC(C)(C)C1CCC2(CC1)NC(=O)N(CC(=O)OCC(=O)NC1(C#N)CCCC1)C2=O. The smallest absolute Gasteiger partial charge is 0.326 e. The molecule has 0 aromatic rings. The van der Waals surface area contributed by atoms with Crippen molar-refractivity contribution in [2.24, 2.45) is 11.3 Å². The van der Waals surface area contributed by atoms with Crippen LogP contribution in [0.3, 0.4) is 0 Å². The maximum atomic E-state index is 13.0. The number of rotatable bonds is 7. The Kier molecular flexibility index (Phi) is 6.82. The molecule has 2 saturated carbocycles. The van der Waals surface area contributed by atoms with E-state index in [1.165, 1.54) is 0 Å². The summed E-state index contributed by atoms with van der Waals surface area (Å²) in [5, 5.41) is 14.8. The molecular formula is C23H34N4O5. The highest BCUT2D eigenvalue weighted by molar-refractivity contribution is 6.08. The Bertz CT molecular complexity index is 817. The molecule has 0 bridgehead atoms. The number of urea groups is 1. The lowest BCUT2D eigenvalue weighted by molar-refractivity contribution is -0.151. The fourth-order valence-corrected chi connectivity index (χ4v) is 5.21. The van der Waals surface area contributed by atoms with E-state index >= 15 is 0 Å².